The van der Waals surface area contributed by atoms with Crippen LogP contribution in [-0.4, -0.2) is 18.9 Å². The molecule has 0 spiro atoms. The predicted molar refractivity (Wildman–Crippen MR) is 99.9 cm³/mol. The number of thiocarbonyl (C=S) groups is 1. The summed E-state index contributed by atoms with van der Waals surface area (Å²) >= 11 is 7.84. The van der Waals surface area contributed by atoms with E-state index in [0.717, 1.165) is 0 Å². The fourth-order valence-electron chi connectivity index (χ4n) is 1.65. The Morgan fingerprint density at radius 3 is 1.89 bits per heavy atom. The molecule has 0 fully saturated rings. The van der Waals surface area contributed by atoms with Crippen LogP contribution in [0.15, 0.2) is 30.3 Å². The summed E-state index contributed by atoms with van der Waals surface area (Å²) in [5.41, 5.74) is 0. The molecule has 0 amide bonds. The van der Waals surface area contributed by atoms with E-state index in [-0.39, 0.29) is 7.47 Å². The van der Waals surface area contributed by atoms with Gasteiger partial charge in [-0.15, -0.1) is 11.2 Å². The summed E-state index contributed by atoms with van der Waals surface area (Å²) in [5, 5.41) is 1.47. The lowest BCUT2D eigenvalue weighted by molar-refractivity contribution is 1.77. The molecular weight excluding hydrogens is 307 g/mol. The second kappa shape index (κ2) is 6.32. The molecule has 0 nitrogen and oxygen atoms in total. The van der Waals surface area contributed by atoms with Gasteiger partial charge in [0, 0.05) is 0 Å². The molecule has 5 heteroatoms. The molecule has 0 heterocycles. The molecular formula is C13H23PS2Si2. The van der Waals surface area contributed by atoms with Crippen molar-refractivity contribution in [2.45, 2.75) is 39.3 Å². The lowest BCUT2D eigenvalue weighted by Crippen LogP contribution is -2.29. The third-order valence-corrected chi connectivity index (χ3v) is 17.0. The van der Waals surface area contributed by atoms with Gasteiger partial charge in [0.15, 0.2) is 0 Å². The van der Waals surface area contributed by atoms with Crippen LogP contribution in [0.3, 0.4) is 0 Å². The second-order valence-electron chi connectivity index (χ2n) is 6.32. The molecule has 18 heavy (non-hydrogen) atoms. The molecule has 1 aromatic rings. The third-order valence-electron chi connectivity index (χ3n) is 2.26. The Morgan fingerprint density at radius 2 is 1.50 bits per heavy atom. The minimum atomic E-state index is -1.27. The first-order valence-corrected chi connectivity index (χ1v) is 17.3. The second-order valence-corrected chi connectivity index (χ2v) is 28.1. The van der Waals surface area contributed by atoms with Gasteiger partial charge in [-0.2, -0.15) is 0 Å². The van der Waals surface area contributed by atoms with Crippen molar-refractivity contribution >= 4 is 55.1 Å². The summed E-state index contributed by atoms with van der Waals surface area (Å²) in [6.45, 7) is 14.5. The maximum Gasteiger partial charge on any atom is 0.115 e. The number of rotatable bonds is 4. The van der Waals surface area contributed by atoms with E-state index in [1.165, 1.54) is 9.24 Å². The Morgan fingerprint density at radius 1 is 1.00 bits per heavy atom. The van der Waals surface area contributed by atoms with Crippen LogP contribution in [0.2, 0.25) is 39.3 Å². The van der Waals surface area contributed by atoms with Crippen molar-refractivity contribution in [3.8, 4) is 0 Å². The largest absolute Gasteiger partial charge is 0.140 e. The molecule has 1 unspecified atom stereocenters. The molecule has 1 aromatic carbocycles. The first kappa shape index (κ1) is 16.6. The van der Waals surface area contributed by atoms with Crippen LogP contribution in [0.25, 0.3) is 0 Å². The number of benzene rings is 1. The van der Waals surface area contributed by atoms with Crippen LogP contribution < -0.4 is 5.30 Å². The van der Waals surface area contributed by atoms with E-state index < -0.39 is 15.0 Å². The standard InChI is InChI=1S/C13H23PS2Si2/c1-17(2,3)14(12-10-8-7-9-11-12)13(15)16-18(4,5)6/h7-11H,1-6H3. The molecule has 1 atom stereocenters. The number of hydrogen-bond acceptors (Lipinski definition) is 2. The minimum Gasteiger partial charge on any atom is -0.140 e. The summed E-state index contributed by atoms with van der Waals surface area (Å²) in [7, 11) is -2.70. The van der Waals surface area contributed by atoms with Gasteiger partial charge in [0.1, 0.15) is 7.22 Å². The van der Waals surface area contributed by atoms with Crippen molar-refractivity contribution in [1.29, 1.82) is 0 Å². The zero-order chi connectivity index (χ0) is 14.0. The van der Waals surface area contributed by atoms with E-state index in [9.17, 15) is 0 Å². The summed E-state index contributed by atoms with van der Waals surface area (Å²) in [6.07, 6.45) is 0. The molecule has 100 valence electrons. The predicted octanol–water partition coefficient (Wildman–Crippen LogP) is 5.48. The average molecular weight is 331 g/mol. The van der Waals surface area contributed by atoms with Gasteiger partial charge in [-0.05, 0) is 12.8 Å². The summed E-state index contributed by atoms with van der Waals surface area (Å²) in [5.74, 6) is 0. The summed E-state index contributed by atoms with van der Waals surface area (Å²) < 4.78 is 1.29. The third kappa shape index (κ3) is 5.26. The van der Waals surface area contributed by atoms with Crippen LogP contribution in [0.1, 0.15) is 0 Å². The average Bonchev–Trinajstić information content (AvgIpc) is 2.13. The Labute approximate surface area is 124 Å². The highest BCUT2D eigenvalue weighted by Crippen LogP contribution is 2.51. The van der Waals surface area contributed by atoms with E-state index in [0.29, 0.717) is 0 Å². The first-order valence-electron chi connectivity index (χ1n) is 6.19. The number of hydrogen-bond donors (Lipinski definition) is 0. The van der Waals surface area contributed by atoms with Crippen molar-refractivity contribution in [3.63, 3.8) is 0 Å². The molecule has 0 aliphatic rings. The van der Waals surface area contributed by atoms with Gasteiger partial charge in [-0.3, -0.25) is 0 Å². The molecule has 0 aliphatic carbocycles. The molecule has 0 saturated carbocycles. The van der Waals surface area contributed by atoms with E-state index in [4.69, 9.17) is 12.2 Å². The van der Waals surface area contributed by atoms with Crippen LogP contribution in [-0.2, 0) is 0 Å². The molecule has 0 bridgehead atoms. The van der Waals surface area contributed by atoms with Gasteiger partial charge in [0.05, 0.1) is 11.7 Å². The summed E-state index contributed by atoms with van der Waals surface area (Å²) in [6, 6.07) is 10.9. The fraction of sp³-hybridized carbons (Fsp3) is 0.462. The van der Waals surface area contributed by atoms with Crippen molar-refractivity contribution < 1.29 is 0 Å². The first-order chi connectivity index (χ1) is 8.11. The quantitative estimate of drug-likeness (QED) is 0.407. The van der Waals surface area contributed by atoms with Crippen LogP contribution in [0.4, 0.5) is 0 Å². The molecule has 0 aromatic heterocycles. The SMILES string of the molecule is C[Si](C)(C)SC(=S)P(c1ccccc1)[Si](C)(C)C. The van der Waals surface area contributed by atoms with E-state index in [1.54, 1.807) is 0 Å². The lowest BCUT2D eigenvalue weighted by atomic mass is 10.4. The zero-order valence-electron chi connectivity index (χ0n) is 12.2. The monoisotopic (exact) mass is 330 g/mol. The highest BCUT2D eigenvalue weighted by molar-refractivity contribution is 8.55. The van der Waals surface area contributed by atoms with Crippen LogP contribution >= 0.6 is 30.9 Å². The van der Waals surface area contributed by atoms with Gasteiger partial charge in [0.25, 0.3) is 0 Å². The Kier molecular flexibility index (Phi) is 5.82. The Balaban J connectivity index is 3.05. The maximum atomic E-state index is 5.81. The van der Waals surface area contributed by atoms with E-state index in [1.807, 2.05) is 11.2 Å². The van der Waals surface area contributed by atoms with E-state index in [2.05, 4.69) is 69.6 Å². The molecule has 1 rings (SSSR count). The van der Waals surface area contributed by atoms with E-state index >= 15 is 0 Å². The minimum absolute atomic E-state index is 0.254. The summed E-state index contributed by atoms with van der Waals surface area (Å²) in [4.78, 5) is 0. The van der Waals surface area contributed by atoms with Crippen LogP contribution in [0.5, 0.6) is 0 Å². The smallest absolute Gasteiger partial charge is 0.115 e. The van der Waals surface area contributed by atoms with Gasteiger partial charge < -0.3 is 0 Å². The Hall–Kier alpha value is 0.524. The Bertz CT molecular complexity index is 407. The molecule has 0 saturated heterocycles. The van der Waals surface area contributed by atoms with Gasteiger partial charge >= 0.3 is 0 Å². The van der Waals surface area contributed by atoms with Gasteiger partial charge in [-0.25, -0.2) is 0 Å². The lowest BCUT2D eigenvalue weighted by Gasteiger charge is -2.32. The van der Waals surface area contributed by atoms with Crippen molar-refractivity contribution in [2.75, 3.05) is 0 Å². The maximum absolute atomic E-state index is 5.81. The topological polar surface area (TPSA) is 0 Å². The fourth-order valence-corrected chi connectivity index (χ4v) is 22.9. The highest BCUT2D eigenvalue weighted by Gasteiger charge is 2.33. The van der Waals surface area contributed by atoms with Gasteiger partial charge in [-0.1, -0.05) is 81.8 Å². The van der Waals surface area contributed by atoms with Crippen molar-refractivity contribution in [2.24, 2.45) is 0 Å². The zero-order valence-corrected chi connectivity index (χ0v) is 16.7. The van der Waals surface area contributed by atoms with Crippen molar-refractivity contribution in [1.82, 2.24) is 0 Å². The molecule has 0 radical (unpaired) electrons. The highest BCUT2D eigenvalue weighted by atomic mass is 32.4. The normalized spacial score (nSPS) is 14.3. The van der Waals surface area contributed by atoms with Crippen LogP contribution in [0, 0.1) is 0 Å². The molecule has 0 aliphatic heterocycles. The van der Waals surface area contributed by atoms with Gasteiger partial charge in [0.2, 0.25) is 0 Å². The van der Waals surface area contributed by atoms with Crippen molar-refractivity contribution in [3.05, 3.63) is 30.3 Å². The molecule has 0 N–H and O–H groups in total.